The second-order valence-corrected chi connectivity index (χ2v) is 24.5. The van der Waals surface area contributed by atoms with Gasteiger partial charge in [-0.2, -0.15) is 0 Å². The van der Waals surface area contributed by atoms with Crippen molar-refractivity contribution in [2.24, 2.45) is 10.9 Å². The summed E-state index contributed by atoms with van der Waals surface area (Å²) in [5.41, 5.74) is 0.951. The fraction of sp³-hybridized carbons (Fsp3) is 0.742. The van der Waals surface area contributed by atoms with E-state index in [9.17, 15) is 4.79 Å². The molecular weight excluding hydrogens is 535 g/mol. The first kappa shape index (κ1) is 32.8. The van der Waals surface area contributed by atoms with E-state index in [2.05, 4.69) is 91.8 Å². The zero-order valence-electron chi connectivity index (χ0n) is 27.1. The van der Waals surface area contributed by atoms with Crippen LogP contribution in [0.1, 0.15) is 73.8 Å². The number of alkyl carbamates (subject to hydrolysis) is 1. The number of hydrogen-bond donors (Lipinski definition) is 1. The van der Waals surface area contributed by atoms with Crippen molar-refractivity contribution in [1.82, 2.24) is 10.2 Å². The van der Waals surface area contributed by atoms with Gasteiger partial charge < -0.3 is 18.5 Å². The zero-order valence-corrected chi connectivity index (χ0v) is 29.1. The topological polar surface area (TPSA) is 72.4 Å². The maximum atomic E-state index is 13.0. The number of aliphatic imine (C=N–C) groups is 1. The number of piperidine rings is 1. The second-order valence-electron chi connectivity index (χ2n) is 14.9. The Balaban J connectivity index is 1.87. The Morgan fingerprint density at radius 1 is 0.975 bits per heavy atom. The average Bonchev–Trinajstić information content (AvgIpc) is 2.82. The molecule has 1 amide bonds. The van der Waals surface area contributed by atoms with Crippen molar-refractivity contribution in [3.05, 3.63) is 35.9 Å². The summed E-state index contributed by atoms with van der Waals surface area (Å²) < 4.78 is 19.5. The van der Waals surface area contributed by atoms with Gasteiger partial charge in [-0.15, -0.1) is 0 Å². The van der Waals surface area contributed by atoms with Gasteiger partial charge in [-0.05, 0) is 61.6 Å². The number of rotatable bonds is 7. The largest absolute Gasteiger partial charge is 0.444 e. The highest BCUT2D eigenvalue weighted by molar-refractivity contribution is 6.74. The maximum Gasteiger partial charge on any atom is 0.414 e. The maximum absolute atomic E-state index is 13.0. The highest BCUT2D eigenvalue weighted by Gasteiger charge is 2.50. The lowest BCUT2D eigenvalue weighted by Gasteiger charge is -2.54. The molecule has 5 atom stereocenters. The summed E-state index contributed by atoms with van der Waals surface area (Å²) in [6.45, 7) is 28.2. The van der Waals surface area contributed by atoms with Gasteiger partial charge in [0.2, 0.25) is 5.96 Å². The number of amides is 1. The van der Waals surface area contributed by atoms with Crippen molar-refractivity contribution in [1.29, 1.82) is 0 Å². The van der Waals surface area contributed by atoms with Crippen LogP contribution in [0.25, 0.3) is 0 Å². The number of fused-ring (bicyclic) bond motifs is 1. The van der Waals surface area contributed by atoms with Gasteiger partial charge in [-0.25, -0.2) is 9.79 Å². The molecule has 0 radical (unpaired) electrons. The van der Waals surface area contributed by atoms with Gasteiger partial charge in [0, 0.05) is 12.0 Å². The van der Waals surface area contributed by atoms with Gasteiger partial charge in [0.1, 0.15) is 6.61 Å². The number of nitrogens with zero attached hydrogens (tertiary/aromatic N) is 2. The van der Waals surface area contributed by atoms with E-state index in [0.717, 1.165) is 18.4 Å². The summed E-state index contributed by atoms with van der Waals surface area (Å²) in [5, 5.41) is 3.26. The number of hydrogen-bond acceptors (Lipinski definition) is 6. The molecule has 0 unspecified atom stereocenters. The smallest absolute Gasteiger partial charge is 0.414 e. The summed E-state index contributed by atoms with van der Waals surface area (Å²) in [6, 6.07) is 10.1. The molecule has 40 heavy (non-hydrogen) atoms. The molecule has 7 nitrogen and oxygen atoms in total. The van der Waals surface area contributed by atoms with E-state index < -0.39 is 22.7 Å². The Morgan fingerprint density at radius 3 is 2.15 bits per heavy atom. The third-order valence-corrected chi connectivity index (χ3v) is 18.8. The van der Waals surface area contributed by atoms with E-state index in [1.165, 1.54) is 0 Å². The lowest BCUT2D eigenvalue weighted by Crippen LogP contribution is -2.66. The third kappa shape index (κ3) is 7.78. The van der Waals surface area contributed by atoms with Crippen molar-refractivity contribution in [2.45, 2.75) is 135 Å². The van der Waals surface area contributed by atoms with Gasteiger partial charge >= 0.3 is 6.09 Å². The summed E-state index contributed by atoms with van der Waals surface area (Å²) >= 11 is 0. The van der Waals surface area contributed by atoms with Gasteiger partial charge in [-0.3, -0.25) is 5.32 Å². The first-order chi connectivity index (χ1) is 18.3. The lowest BCUT2D eigenvalue weighted by molar-refractivity contribution is -0.0278. The van der Waals surface area contributed by atoms with E-state index in [-0.39, 0.29) is 46.8 Å². The number of benzene rings is 1. The molecule has 1 fully saturated rings. The highest BCUT2D eigenvalue weighted by atomic mass is 28.4. The molecule has 1 saturated heterocycles. The number of carbonyl (C=O) groups excluding carboxylic acids is 1. The number of carbonyl (C=O) groups is 1. The van der Waals surface area contributed by atoms with Crippen LogP contribution in [0, 0.1) is 5.92 Å². The molecule has 0 spiro atoms. The molecule has 226 valence electrons. The quantitative estimate of drug-likeness (QED) is 0.333. The Bertz CT molecular complexity index is 1030. The SMILES string of the molecule is C[C@H]1[C@@H](O[Si](C)(C)C(C)(C)C)C[C@@H]2C[C@@H](C)N=C(NC(=O)OCc3ccccc3)N2[C@@H]1CO[Si](C)(C)C(C)(C)C. The molecule has 1 aromatic rings. The van der Waals surface area contributed by atoms with E-state index in [1.807, 2.05) is 30.3 Å². The zero-order chi connectivity index (χ0) is 30.1. The number of guanidine groups is 1. The van der Waals surface area contributed by atoms with Crippen molar-refractivity contribution >= 4 is 28.7 Å². The van der Waals surface area contributed by atoms with Gasteiger partial charge in [0.05, 0.1) is 24.8 Å². The molecule has 0 bridgehead atoms. The first-order valence-corrected chi connectivity index (χ1v) is 20.8. The van der Waals surface area contributed by atoms with E-state index in [4.69, 9.17) is 18.6 Å². The van der Waals surface area contributed by atoms with Crippen LogP contribution in [-0.2, 0) is 20.2 Å². The average molecular weight is 590 g/mol. The molecule has 2 heterocycles. The minimum Gasteiger partial charge on any atom is -0.444 e. The number of ether oxygens (including phenoxy) is 1. The van der Waals surface area contributed by atoms with Crippen LogP contribution in [0.4, 0.5) is 4.79 Å². The Kier molecular flexibility index (Phi) is 10.1. The van der Waals surface area contributed by atoms with Crippen LogP contribution in [-0.4, -0.2) is 64.4 Å². The fourth-order valence-corrected chi connectivity index (χ4v) is 7.47. The van der Waals surface area contributed by atoms with Crippen LogP contribution < -0.4 is 5.32 Å². The van der Waals surface area contributed by atoms with Crippen LogP contribution in [0.3, 0.4) is 0 Å². The minimum absolute atomic E-state index is 0.0308. The van der Waals surface area contributed by atoms with Gasteiger partial charge in [0.15, 0.2) is 16.6 Å². The first-order valence-electron chi connectivity index (χ1n) is 15.0. The lowest BCUT2D eigenvalue weighted by atomic mass is 9.82. The van der Waals surface area contributed by atoms with Crippen LogP contribution in [0.2, 0.25) is 36.3 Å². The van der Waals surface area contributed by atoms with Crippen molar-refractivity contribution in [2.75, 3.05) is 6.61 Å². The number of nitrogens with one attached hydrogen (secondary N) is 1. The molecule has 2 aliphatic heterocycles. The molecule has 3 rings (SSSR count). The van der Waals surface area contributed by atoms with Gasteiger partial charge in [-0.1, -0.05) is 78.8 Å². The molecule has 1 aromatic carbocycles. The third-order valence-electron chi connectivity index (χ3n) is 9.75. The van der Waals surface area contributed by atoms with Crippen LogP contribution in [0.5, 0.6) is 0 Å². The summed E-state index contributed by atoms with van der Waals surface area (Å²) in [6.07, 6.45) is 1.48. The Labute approximate surface area is 245 Å². The molecule has 0 aliphatic carbocycles. The van der Waals surface area contributed by atoms with Crippen LogP contribution >= 0.6 is 0 Å². The van der Waals surface area contributed by atoms with Crippen molar-refractivity contribution in [3.8, 4) is 0 Å². The Hall–Kier alpha value is -1.69. The molecular formula is C31H55N3O4Si2. The van der Waals surface area contributed by atoms with Crippen molar-refractivity contribution < 1.29 is 18.4 Å². The standard InChI is InChI=1S/C31H55N3O4Si2/c1-22-18-25-19-27(38-40(11,12)31(6,7)8)23(2)26(21-37-39(9,10)30(3,4)5)34(25)28(32-22)33-29(35)36-20-24-16-14-13-15-17-24/h13-17,22-23,25-27H,18-21H2,1-12H3,(H,32,33,35)/t22-,23-,25+,26-,27+/m1/s1. The van der Waals surface area contributed by atoms with Crippen LogP contribution in [0.15, 0.2) is 35.3 Å². The molecule has 9 heteroatoms. The van der Waals surface area contributed by atoms with Gasteiger partial charge in [0.25, 0.3) is 0 Å². The van der Waals surface area contributed by atoms with Crippen molar-refractivity contribution in [3.63, 3.8) is 0 Å². The van der Waals surface area contributed by atoms with E-state index in [0.29, 0.717) is 12.6 Å². The molecule has 2 aliphatic rings. The normalized spacial score (nSPS) is 26.1. The minimum atomic E-state index is -2.00. The monoisotopic (exact) mass is 589 g/mol. The predicted molar refractivity (Wildman–Crippen MR) is 170 cm³/mol. The predicted octanol–water partition coefficient (Wildman–Crippen LogP) is 7.55. The molecule has 1 N–H and O–H groups in total. The van der Waals surface area contributed by atoms with E-state index >= 15 is 0 Å². The highest BCUT2D eigenvalue weighted by Crippen LogP contribution is 2.43. The molecule has 0 aromatic heterocycles. The summed E-state index contributed by atoms with van der Waals surface area (Å²) in [7, 11) is -3.99. The fourth-order valence-electron chi connectivity index (χ4n) is 5.03. The summed E-state index contributed by atoms with van der Waals surface area (Å²) in [4.78, 5) is 20.2. The van der Waals surface area contributed by atoms with E-state index in [1.54, 1.807) is 0 Å². The second kappa shape index (κ2) is 12.3. The molecule has 0 saturated carbocycles. The Morgan fingerprint density at radius 2 is 1.57 bits per heavy atom. The summed E-state index contributed by atoms with van der Waals surface area (Å²) in [5.74, 6) is 0.805.